The maximum absolute atomic E-state index is 10.3. The highest BCUT2D eigenvalue weighted by atomic mass is 17.2. The maximum Gasteiger partial charge on any atom is 0.207 e. The van der Waals surface area contributed by atoms with Crippen molar-refractivity contribution in [1.29, 1.82) is 0 Å². The third-order valence-corrected chi connectivity index (χ3v) is 1.88. The van der Waals surface area contributed by atoms with Gasteiger partial charge in [-0.1, -0.05) is 0 Å². The van der Waals surface area contributed by atoms with Gasteiger partial charge in [0.1, 0.15) is 0 Å². The van der Waals surface area contributed by atoms with E-state index in [0.29, 0.717) is 0 Å². The van der Waals surface area contributed by atoms with E-state index >= 15 is 0 Å². The largest absolute Gasteiger partial charge is 0.351 e. The molecule has 0 spiro atoms. The summed E-state index contributed by atoms with van der Waals surface area (Å²) in [5, 5.41) is 18.8. The molecule has 2 unspecified atom stereocenters. The molecule has 0 heterocycles. The predicted molar refractivity (Wildman–Crippen MR) is 40.9 cm³/mol. The minimum atomic E-state index is -1.40. The third kappa shape index (κ3) is 3.55. The average Bonchev–Trinajstić information content (AvgIpc) is 2.17. The van der Waals surface area contributed by atoms with Gasteiger partial charge in [-0.05, 0) is 19.1 Å². The lowest BCUT2D eigenvalue weighted by molar-refractivity contribution is -0.466. The number of ether oxygens (including phenoxy) is 2. The lowest BCUT2D eigenvalue weighted by Crippen LogP contribution is -2.42. The zero-order valence-electron chi connectivity index (χ0n) is 8.20. The summed E-state index contributed by atoms with van der Waals surface area (Å²) in [5.41, 5.74) is 0. The molecule has 0 rings (SSSR count). The van der Waals surface area contributed by atoms with E-state index in [1.165, 1.54) is 28.1 Å². The van der Waals surface area contributed by atoms with Gasteiger partial charge in [-0.25, -0.2) is 10.1 Å². The highest BCUT2D eigenvalue weighted by molar-refractivity contribution is 4.71. The van der Waals surface area contributed by atoms with Gasteiger partial charge in [0.05, 0.1) is 6.42 Å². The van der Waals surface area contributed by atoms with Crippen LogP contribution in [0.25, 0.3) is 0 Å². The molecule has 0 aliphatic rings. The minimum absolute atomic E-state index is 0.0625. The van der Waals surface area contributed by atoms with Gasteiger partial charge in [-0.15, -0.1) is 0 Å². The van der Waals surface area contributed by atoms with E-state index in [0.717, 1.165) is 0 Å². The number of rotatable bonds is 6. The van der Waals surface area contributed by atoms with Crippen LogP contribution in [0.4, 0.5) is 0 Å². The Morgan fingerprint density at radius 3 is 1.85 bits per heavy atom. The molecule has 6 heteroatoms. The first-order valence-corrected chi connectivity index (χ1v) is 3.69. The highest BCUT2D eigenvalue weighted by Crippen LogP contribution is 2.26. The molecule has 0 saturated carbocycles. The van der Waals surface area contributed by atoms with Crippen molar-refractivity contribution in [3.05, 3.63) is 0 Å². The summed E-state index contributed by atoms with van der Waals surface area (Å²) in [4.78, 5) is 7.91. The molecule has 0 amide bonds. The highest BCUT2D eigenvalue weighted by Gasteiger charge is 2.39. The van der Waals surface area contributed by atoms with Crippen molar-refractivity contribution in [2.24, 2.45) is 0 Å². The summed E-state index contributed by atoms with van der Waals surface area (Å²) in [6.07, 6.45) is -0.0625. The molecule has 6 nitrogen and oxygen atoms in total. The van der Waals surface area contributed by atoms with Crippen molar-refractivity contribution in [2.45, 2.75) is 31.8 Å². The fourth-order valence-electron chi connectivity index (χ4n) is 0.861. The van der Waals surface area contributed by atoms with Gasteiger partial charge in [0, 0.05) is 14.2 Å². The van der Waals surface area contributed by atoms with Crippen molar-refractivity contribution >= 4 is 0 Å². The standard InChI is InChI=1S/C7H15O6/c1-6(10-3,12-8)5-7(2,11-4)13-9/h8H,5H2,1-4H3. The van der Waals surface area contributed by atoms with Gasteiger partial charge in [-0.2, -0.15) is 4.89 Å². The van der Waals surface area contributed by atoms with Crippen LogP contribution in [0.2, 0.25) is 0 Å². The molecular weight excluding hydrogens is 180 g/mol. The van der Waals surface area contributed by atoms with E-state index in [9.17, 15) is 5.26 Å². The van der Waals surface area contributed by atoms with Gasteiger partial charge in [0.15, 0.2) is 0 Å². The van der Waals surface area contributed by atoms with E-state index in [-0.39, 0.29) is 6.42 Å². The first-order chi connectivity index (χ1) is 5.95. The van der Waals surface area contributed by atoms with E-state index < -0.39 is 11.6 Å². The molecule has 0 aliphatic heterocycles. The molecule has 0 aromatic carbocycles. The van der Waals surface area contributed by atoms with Crippen LogP contribution in [-0.2, 0) is 24.5 Å². The van der Waals surface area contributed by atoms with E-state index in [4.69, 9.17) is 14.7 Å². The van der Waals surface area contributed by atoms with Crippen LogP contribution in [0.3, 0.4) is 0 Å². The van der Waals surface area contributed by atoms with E-state index in [1.807, 2.05) is 0 Å². The summed E-state index contributed by atoms with van der Waals surface area (Å²) >= 11 is 0. The van der Waals surface area contributed by atoms with Gasteiger partial charge >= 0.3 is 0 Å². The van der Waals surface area contributed by atoms with E-state index in [1.54, 1.807) is 0 Å². The van der Waals surface area contributed by atoms with Crippen LogP contribution in [-0.4, -0.2) is 31.1 Å². The van der Waals surface area contributed by atoms with Gasteiger partial charge in [0.2, 0.25) is 11.6 Å². The van der Waals surface area contributed by atoms with Crippen molar-refractivity contribution in [1.82, 2.24) is 0 Å². The topological polar surface area (TPSA) is 77.1 Å². The van der Waals surface area contributed by atoms with Crippen LogP contribution in [0.1, 0.15) is 20.3 Å². The normalized spacial score (nSPS) is 20.8. The Balaban J connectivity index is 4.36. The van der Waals surface area contributed by atoms with Crippen molar-refractivity contribution in [2.75, 3.05) is 14.2 Å². The Labute approximate surface area is 76.8 Å². The van der Waals surface area contributed by atoms with Gasteiger partial charge < -0.3 is 9.47 Å². The molecule has 13 heavy (non-hydrogen) atoms. The first-order valence-electron chi connectivity index (χ1n) is 3.69. The van der Waals surface area contributed by atoms with Crippen LogP contribution >= 0.6 is 0 Å². The number of methoxy groups -OCH3 is 2. The fourth-order valence-corrected chi connectivity index (χ4v) is 0.861. The zero-order chi connectivity index (χ0) is 10.5. The second-order valence-corrected chi connectivity index (χ2v) is 3.03. The first kappa shape index (κ1) is 12.8. The minimum Gasteiger partial charge on any atom is -0.351 e. The molecule has 79 valence electrons. The molecule has 1 radical (unpaired) electrons. The lowest BCUT2D eigenvalue weighted by Gasteiger charge is -2.32. The summed E-state index contributed by atoms with van der Waals surface area (Å²) in [7, 11) is 2.64. The molecule has 0 bridgehead atoms. The summed E-state index contributed by atoms with van der Waals surface area (Å²) in [6, 6.07) is 0. The van der Waals surface area contributed by atoms with Crippen LogP contribution in [0, 0.1) is 0 Å². The molecule has 0 saturated heterocycles. The summed E-state index contributed by atoms with van der Waals surface area (Å²) < 4.78 is 9.60. The molecular formula is C7H15O6. The van der Waals surface area contributed by atoms with Gasteiger partial charge in [0.25, 0.3) is 0 Å². The maximum atomic E-state index is 10.3. The van der Waals surface area contributed by atoms with E-state index in [2.05, 4.69) is 9.78 Å². The lowest BCUT2D eigenvalue weighted by atomic mass is 10.1. The Hall–Kier alpha value is -0.240. The quantitative estimate of drug-likeness (QED) is 0.388. The van der Waals surface area contributed by atoms with Crippen molar-refractivity contribution < 1.29 is 29.8 Å². The molecule has 1 N–H and O–H groups in total. The Morgan fingerprint density at radius 2 is 1.62 bits per heavy atom. The van der Waals surface area contributed by atoms with Crippen molar-refractivity contribution in [3.63, 3.8) is 0 Å². The third-order valence-electron chi connectivity index (χ3n) is 1.88. The van der Waals surface area contributed by atoms with Gasteiger partial charge in [-0.3, -0.25) is 0 Å². The summed E-state index contributed by atoms with van der Waals surface area (Å²) in [5.74, 6) is -2.72. The molecule has 0 aromatic rings. The average molecular weight is 195 g/mol. The number of hydrogen-bond donors (Lipinski definition) is 1. The summed E-state index contributed by atoms with van der Waals surface area (Å²) in [6.45, 7) is 2.86. The Kier molecular flexibility index (Phi) is 4.76. The predicted octanol–water partition coefficient (Wildman–Crippen LogP) is 0.953. The monoisotopic (exact) mass is 195 g/mol. The molecule has 0 fully saturated rings. The zero-order valence-corrected chi connectivity index (χ0v) is 8.20. The molecule has 2 atom stereocenters. The molecule has 0 aliphatic carbocycles. The SMILES string of the molecule is COC(C)(CC(C)(OC)OO)O[O]. The Bertz CT molecular complexity index is 124. The smallest absolute Gasteiger partial charge is 0.207 e. The van der Waals surface area contributed by atoms with Crippen molar-refractivity contribution in [3.8, 4) is 0 Å². The number of hydrogen-bond acceptors (Lipinski definition) is 5. The fraction of sp³-hybridized carbons (Fsp3) is 1.00. The Morgan fingerprint density at radius 1 is 1.15 bits per heavy atom. The molecule has 0 aromatic heterocycles. The second-order valence-electron chi connectivity index (χ2n) is 3.03. The van der Waals surface area contributed by atoms with Crippen LogP contribution in [0.15, 0.2) is 0 Å². The second kappa shape index (κ2) is 4.85. The van der Waals surface area contributed by atoms with Crippen LogP contribution in [0.5, 0.6) is 0 Å². The van der Waals surface area contributed by atoms with Crippen LogP contribution < -0.4 is 0 Å².